The summed E-state index contributed by atoms with van der Waals surface area (Å²) in [5, 5.41) is 17.4. The molecular weight excluding hydrogens is 242 g/mol. The Morgan fingerprint density at radius 3 is 2.58 bits per heavy atom. The van der Waals surface area contributed by atoms with Crippen molar-refractivity contribution in [3.05, 3.63) is 69.8 Å². The van der Waals surface area contributed by atoms with Gasteiger partial charge in [0.05, 0.1) is 4.92 Å². The van der Waals surface area contributed by atoms with Gasteiger partial charge < -0.3 is 5.32 Å². The van der Waals surface area contributed by atoms with Gasteiger partial charge in [-0.15, -0.1) is 0 Å². The molecule has 1 heterocycles. The van der Waals surface area contributed by atoms with Crippen molar-refractivity contribution in [1.29, 1.82) is 0 Å². The van der Waals surface area contributed by atoms with Gasteiger partial charge in [0.2, 0.25) is 0 Å². The molecule has 5 heteroatoms. The summed E-state index contributed by atoms with van der Waals surface area (Å²) in [5.41, 5.74) is 3.42. The minimum absolute atomic E-state index is 0.0179. The Hall–Kier alpha value is -2.40. The van der Waals surface area contributed by atoms with E-state index in [9.17, 15) is 10.1 Å². The molecule has 0 radical (unpaired) electrons. The summed E-state index contributed by atoms with van der Waals surface area (Å²) in [6.07, 6.45) is -0.0179. The van der Waals surface area contributed by atoms with Crippen molar-refractivity contribution in [2.75, 3.05) is 5.32 Å². The molecule has 0 bridgehead atoms. The van der Waals surface area contributed by atoms with Crippen molar-refractivity contribution < 1.29 is 4.92 Å². The Balaban J connectivity index is 1.83. The van der Waals surface area contributed by atoms with E-state index in [0.717, 1.165) is 17.8 Å². The van der Waals surface area contributed by atoms with Crippen molar-refractivity contribution in [2.24, 2.45) is 0 Å². The zero-order valence-electron chi connectivity index (χ0n) is 10.2. The van der Waals surface area contributed by atoms with Crippen LogP contribution in [0.4, 0.5) is 11.4 Å². The third-order valence-electron chi connectivity index (χ3n) is 3.25. The van der Waals surface area contributed by atoms with E-state index in [2.05, 4.69) is 16.7 Å². The lowest BCUT2D eigenvalue weighted by molar-refractivity contribution is -0.384. The Kier molecular flexibility index (Phi) is 2.89. The molecule has 2 N–H and O–H groups in total. The maximum Gasteiger partial charge on any atom is 0.269 e. The summed E-state index contributed by atoms with van der Waals surface area (Å²) in [5.74, 6) is 0. The van der Waals surface area contributed by atoms with Gasteiger partial charge in [0.25, 0.3) is 5.69 Å². The summed E-state index contributed by atoms with van der Waals surface area (Å²) in [6.45, 7) is 0.783. The SMILES string of the molecule is O=[N+]([O-])c1ccc([C@H]2NCc3ccccc3N2)cc1. The second kappa shape index (κ2) is 4.70. The van der Waals surface area contributed by atoms with Crippen LogP contribution in [0.5, 0.6) is 0 Å². The number of para-hydroxylation sites is 1. The van der Waals surface area contributed by atoms with Crippen molar-refractivity contribution in [3.63, 3.8) is 0 Å². The van der Waals surface area contributed by atoms with Crippen LogP contribution < -0.4 is 10.6 Å². The first-order valence-electron chi connectivity index (χ1n) is 6.06. The van der Waals surface area contributed by atoms with E-state index in [0.29, 0.717) is 0 Å². The smallest absolute Gasteiger partial charge is 0.269 e. The monoisotopic (exact) mass is 255 g/mol. The van der Waals surface area contributed by atoms with Crippen LogP contribution in [0.2, 0.25) is 0 Å². The van der Waals surface area contributed by atoms with Gasteiger partial charge in [0.1, 0.15) is 6.17 Å². The first-order valence-corrected chi connectivity index (χ1v) is 6.06. The number of rotatable bonds is 2. The molecule has 0 fully saturated rings. The summed E-state index contributed by atoms with van der Waals surface area (Å²) in [4.78, 5) is 10.2. The molecule has 1 aliphatic rings. The van der Waals surface area contributed by atoms with Crippen LogP contribution in [0.3, 0.4) is 0 Å². The number of anilines is 1. The van der Waals surface area contributed by atoms with E-state index >= 15 is 0 Å². The molecule has 19 heavy (non-hydrogen) atoms. The van der Waals surface area contributed by atoms with Crippen LogP contribution in [0.25, 0.3) is 0 Å². The highest BCUT2D eigenvalue weighted by molar-refractivity contribution is 5.54. The van der Waals surface area contributed by atoms with Gasteiger partial charge in [-0.05, 0) is 29.3 Å². The summed E-state index contributed by atoms with van der Waals surface area (Å²) >= 11 is 0. The molecule has 0 saturated heterocycles. The highest BCUT2D eigenvalue weighted by Crippen LogP contribution is 2.26. The summed E-state index contributed by atoms with van der Waals surface area (Å²) in [7, 11) is 0. The highest BCUT2D eigenvalue weighted by Gasteiger charge is 2.18. The zero-order chi connectivity index (χ0) is 13.2. The van der Waals surface area contributed by atoms with Crippen molar-refractivity contribution in [1.82, 2.24) is 5.32 Å². The minimum atomic E-state index is -0.388. The molecule has 0 unspecified atom stereocenters. The minimum Gasteiger partial charge on any atom is -0.366 e. The number of hydrogen-bond acceptors (Lipinski definition) is 4. The number of benzene rings is 2. The topological polar surface area (TPSA) is 67.2 Å². The number of nitro benzene ring substituents is 1. The molecule has 0 saturated carbocycles. The predicted molar refractivity (Wildman–Crippen MR) is 72.7 cm³/mol. The van der Waals surface area contributed by atoms with Gasteiger partial charge in [-0.2, -0.15) is 0 Å². The molecule has 0 aromatic heterocycles. The fourth-order valence-electron chi connectivity index (χ4n) is 2.22. The normalized spacial score (nSPS) is 17.4. The molecule has 3 rings (SSSR count). The predicted octanol–water partition coefficient (Wildman–Crippen LogP) is 2.81. The number of nitro groups is 1. The van der Waals surface area contributed by atoms with Crippen LogP contribution in [-0.2, 0) is 6.54 Å². The highest BCUT2D eigenvalue weighted by atomic mass is 16.6. The Bertz CT molecular complexity index is 610. The van der Waals surface area contributed by atoms with Gasteiger partial charge in [-0.3, -0.25) is 15.4 Å². The summed E-state index contributed by atoms with van der Waals surface area (Å²) < 4.78 is 0. The third-order valence-corrected chi connectivity index (χ3v) is 3.25. The second-order valence-electron chi connectivity index (χ2n) is 4.46. The van der Waals surface area contributed by atoms with Gasteiger partial charge in [-0.25, -0.2) is 0 Å². The molecule has 1 atom stereocenters. The number of hydrogen-bond donors (Lipinski definition) is 2. The van der Waals surface area contributed by atoms with Crippen molar-refractivity contribution in [2.45, 2.75) is 12.7 Å². The quantitative estimate of drug-likeness (QED) is 0.639. The van der Waals surface area contributed by atoms with Crippen LogP contribution in [0.15, 0.2) is 48.5 Å². The van der Waals surface area contributed by atoms with Crippen LogP contribution in [-0.4, -0.2) is 4.92 Å². The first kappa shape index (κ1) is 11.7. The standard InChI is InChI=1S/C14H13N3O2/c18-17(19)12-7-5-10(6-8-12)14-15-9-11-3-1-2-4-13(11)16-14/h1-8,14-16H,9H2/t14-/m0/s1. The molecule has 2 aromatic carbocycles. The van der Waals surface area contributed by atoms with Gasteiger partial charge in [-0.1, -0.05) is 18.2 Å². The molecule has 96 valence electrons. The number of non-ortho nitro benzene ring substituents is 1. The Morgan fingerprint density at radius 1 is 1.11 bits per heavy atom. The summed E-state index contributed by atoms with van der Waals surface area (Å²) in [6, 6.07) is 14.7. The third kappa shape index (κ3) is 2.28. The van der Waals surface area contributed by atoms with Crippen LogP contribution in [0, 0.1) is 10.1 Å². The molecule has 5 nitrogen and oxygen atoms in total. The number of nitrogens with one attached hydrogen (secondary N) is 2. The number of nitrogens with zero attached hydrogens (tertiary/aromatic N) is 1. The van der Waals surface area contributed by atoms with E-state index in [1.165, 1.54) is 17.7 Å². The zero-order valence-corrected chi connectivity index (χ0v) is 10.2. The van der Waals surface area contributed by atoms with Crippen molar-refractivity contribution in [3.8, 4) is 0 Å². The van der Waals surface area contributed by atoms with Gasteiger partial charge >= 0.3 is 0 Å². The van der Waals surface area contributed by atoms with E-state index in [-0.39, 0.29) is 16.8 Å². The largest absolute Gasteiger partial charge is 0.366 e. The van der Waals surface area contributed by atoms with E-state index in [4.69, 9.17) is 0 Å². The fourth-order valence-corrected chi connectivity index (χ4v) is 2.22. The number of fused-ring (bicyclic) bond motifs is 1. The lowest BCUT2D eigenvalue weighted by Crippen LogP contribution is -2.32. The average Bonchev–Trinajstić information content (AvgIpc) is 2.47. The van der Waals surface area contributed by atoms with Crippen LogP contribution in [0.1, 0.15) is 17.3 Å². The second-order valence-corrected chi connectivity index (χ2v) is 4.46. The molecule has 1 aliphatic heterocycles. The Labute approximate surface area is 110 Å². The maximum absolute atomic E-state index is 10.6. The molecule has 0 spiro atoms. The van der Waals surface area contributed by atoms with E-state index < -0.39 is 0 Å². The van der Waals surface area contributed by atoms with Gasteiger partial charge in [0, 0.05) is 24.4 Å². The lowest BCUT2D eigenvalue weighted by Gasteiger charge is -2.28. The molecule has 0 aliphatic carbocycles. The Morgan fingerprint density at radius 2 is 1.84 bits per heavy atom. The van der Waals surface area contributed by atoms with E-state index in [1.54, 1.807) is 12.1 Å². The van der Waals surface area contributed by atoms with E-state index in [1.807, 2.05) is 18.2 Å². The average molecular weight is 255 g/mol. The maximum atomic E-state index is 10.6. The molecule has 2 aromatic rings. The molecule has 0 amide bonds. The molecular formula is C14H13N3O2. The lowest BCUT2D eigenvalue weighted by atomic mass is 10.1. The fraction of sp³-hybridized carbons (Fsp3) is 0.143. The van der Waals surface area contributed by atoms with Gasteiger partial charge in [0.15, 0.2) is 0 Å². The van der Waals surface area contributed by atoms with Crippen molar-refractivity contribution >= 4 is 11.4 Å². The van der Waals surface area contributed by atoms with Crippen LogP contribution >= 0.6 is 0 Å². The first-order chi connectivity index (χ1) is 9.24.